The van der Waals surface area contributed by atoms with Crippen LogP contribution in [0.2, 0.25) is 0 Å². The maximum absolute atomic E-state index is 12.1. The average Bonchev–Trinajstić information content (AvgIpc) is 3.26. The SMILES string of the molecule is CCn1c(-c2cccnc2C(C)C)c(CC(C)(C)COC(C)=O)c2cc(-c3cccc(CC(NC)C(C)=O)c3)ccc21. The van der Waals surface area contributed by atoms with E-state index in [1.54, 1.807) is 6.92 Å². The van der Waals surface area contributed by atoms with Gasteiger partial charge in [0.2, 0.25) is 0 Å². The Kier molecular flexibility index (Phi) is 9.67. The van der Waals surface area contributed by atoms with E-state index in [2.05, 4.69) is 93.0 Å². The zero-order valence-electron chi connectivity index (χ0n) is 26.4. The third kappa shape index (κ3) is 6.81. The number of hydrogen-bond acceptors (Lipinski definition) is 5. The van der Waals surface area contributed by atoms with E-state index in [1.807, 2.05) is 19.3 Å². The van der Waals surface area contributed by atoms with Crippen LogP contribution in [0.1, 0.15) is 71.2 Å². The maximum Gasteiger partial charge on any atom is 0.302 e. The molecule has 0 fully saturated rings. The van der Waals surface area contributed by atoms with Gasteiger partial charge >= 0.3 is 5.97 Å². The van der Waals surface area contributed by atoms with E-state index in [-0.39, 0.29) is 29.1 Å². The van der Waals surface area contributed by atoms with Gasteiger partial charge in [0.15, 0.2) is 0 Å². The van der Waals surface area contributed by atoms with Crippen LogP contribution in [0.5, 0.6) is 0 Å². The second kappa shape index (κ2) is 13.0. The molecule has 0 radical (unpaired) electrons. The molecular weight excluding hydrogens is 522 g/mol. The molecule has 1 N–H and O–H groups in total. The minimum Gasteiger partial charge on any atom is -0.465 e. The van der Waals surface area contributed by atoms with E-state index in [0.29, 0.717) is 13.0 Å². The quantitative estimate of drug-likeness (QED) is 0.181. The lowest BCUT2D eigenvalue weighted by atomic mass is 9.84. The highest BCUT2D eigenvalue weighted by atomic mass is 16.5. The first-order valence-corrected chi connectivity index (χ1v) is 15.0. The van der Waals surface area contributed by atoms with Gasteiger partial charge in [0.1, 0.15) is 5.78 Å². The predicted octanol–water partition coefficient (Wildman–Crippen LogP) is 7.36. The smallest absolute Gasteiger partial charge is 0.302 e. The molecule has 0 aliphatic rings. The number of Topliss-reactive ketones (excluding diaryl/α,β-unsaturated/α-hetero) is 1. The summed E-state index contributed by atoms with van der Waals surface area (Å²) in [7, 11) is 1.83. The summed E-state index contributed by atoms with van der Waals surface area (Å²) in [5.74, 6) is 0.136. The number of rotatable bonds is 12. The first kappa shape index (κ1) is 31.2. The molecule has 222 valence electrons. The van der Waals surface area contributed by atoms with Gasteiger partial charge in [0, 0.05) is 41.5 Å². The normalized spacial score (nSPS) is 12.6. The van der Waals surface area contributed by atoms with Crippen molar-refractivity contribution in [2.45, 2.75) is 79.8 Å². The second-order valence-corrected chi connectivity index (χ2v) is 12.4. The number of nitrogens with one attached hydrogen (secondary N) is 1. The number of fused-ring (bicyclic) bond motifs is 1. The number of pyridine rings is 1. The molecule has 1 atom stereocenters. The van der Waals surface area contributed by atoms with Crippen molar-refractivity contribution in [3.8, 4) is 22.4 Å². The molecule has 0 amide bonds. The lowest BCUT2D eigenvalue weighted by Gasteiger charge is -2.25. The Morgan fingerprint density at radius 3 is 2.40 bits per heavy atom. The number of carbonyl (C=O) groups excluding carboxylic acids is 2. The zero-order chi connectivity index (χ0) is 30.6. The van der Waals surface area contributed by atoms with Crippen LogP contribution in [-0.2, 0) is 33.7 Å². The Hall–Kier alpha value is -3.77. The van der Waals surface area contributed by atoms with Crippen LogP contribution in [0.4, 0.5) is 0 Å². The van der Waals surface area contributed by atoms with E-state index >= 15 is 0 Å². The summed E-state index contributed by atoms with van der Waals surface area (Å²) in [5, 5.41) is 4.33. The van der Waals surface area contributed by atoms with Crippen LogP contribution in [0.3, 0.4) is 0 Å². The summed E-state index contributed by atoms with van der Waals surface area (Å²) in [6.07, 6.45) is 3.25. The van der Waals surface area contributed by atoms with Crippen LogP contribution in [0, 0.1) is 5.41 Å². The first-order valence-electron chi connectivity index (χ1n) is 15.0. The lowest BCUT2D eigenvalue weighted by molar-refractivity contribution is -0.143. The van der Waals surface area contributed by atoms with Crippen LogP contribution < -0.4 is 5.32 Å². The number of esters is 1. The zero-order valence-corrected chi connectivity index (χ0v) is 26.4. The fourth-order valence-corrected chi connectivity index (χ4v) is 5.89. The van der Waals surface area contributed by atoms with Crippen LogP contribution >= 0.6 is 0 Å². The third-order valence-corrected chi connectivity index (χ3v) is 7.99. The molecule has 6 nitrogen and oxygen atoms in total. The Bertz CT molecular complexity index is 1580. The van der Waals surface area contributed by atoms with Gasteiger partial charge in [-0.25, -0.2) is 0 Å². The van der Waals surface area contributed by atoms with Crippen molar-refractivity contribution in [3.05, 3.63) is 77.6 Å². The predicted molar refractivity (Wildman–Crippen MR) is 172 cm³/mol. The molecule has 0 spiro atoms. The summed E-state index contributed by atoms with van der Waals surface area (Å²) in [6.45, 7) is 15.1. The van der Waals surface area contributed by atoms with Crippen molar-refractivity contribution >= 4 is 22.7 Å². The number of likely N-dealkylation sites (N-methyl/N-ethyl adjacent to an activating group) is 1. The lowest BCUT2D eigenvalue weighted by Crippen LogP contribution is -2.34. The molecule has 6 heteroatoms. The molecule has 2 heterocycles. The molecule has 0 saturated heterocycles. The molecule has 4 aromatic rings. The van der Waals surface area contributed by atoms with Gasteiger partial charge in [-0.15, -0.1) is 0 Å². The molecule has 0 aliphatic carbocycles. The molecule has 4 rings (SSSR count). The number of benzene rings is 2. The number of ketones is 1. The summed E-state index contributed by atoms with van der Waals surface area (Å²) in [5.41, 5.74) is 8.91. The number of aryl methyl sites for hydroxylation is 1. The topological polar surface area (TPSA) is 73.2 Å². The highest BCUT2D eigenvalue weighted by Gasteiger charge is 2.28. The van der Waals surface area contributed by atoms with E-state index in [1.165, 1.54) is 29.1 Å². The van der Waals surface area contributed by atoms with E-state index < -0.39 is 0 Å². The highest BCUT2D eigenvalue weighted by Crippen LogP contribution is 2.41. The van der Waals surface area contributed by atoms with Crippen molar-refractivity contribution in [3.63, 3.8) is 0 Å². The maximum atomic E-state index is 12.1. The van der Waals surface area contributed by atoms with Crippen molar-refractivity contribution in [1.82, 2.24) is 14.9 Å². The van der Waals surface area contributed by atoms with Crippen molar-refractivity contribution < 1.29 is 14.3 Å². The largest absolute Gasteiger partial charge is 0.465 e. The van der Waals surface area contributed by atoms with Crippen molar-refractivity contribution in [2.75, 3.05) is 13.7 Å². The Morgan fingerprint density at radius 2 is 1.76 bits per heavy atom. The Labute approximate surface area is 250 Å². The van der Waals surface area contributed by atoms with Gasteiger partial charge in [0.25, 0.3) is 0 Å². The summed E-state index contributed by atoms with van der Waals surface area (Å²) < 4.78 is 7.91. The van der Waals surface area contributed by atoms with Gasteiger partial charge in [-0.1, -0.05) is 58.0 Å². The number of aromatic nitrogens is 2. The third-order valence-electron chi connectivity index (χ3n) is 7.99. The molecule has 42 heavy (non-hydrogen) atoms. The molecule has 2 aromatic heterocycles. The highest BCUT2D eigenvalue weighted by molar-refractivity contribution is 5.95. The van der Waals surface area contributed by atoms with Crippen LogP contribution in [0.15, 0.2) is 60.8 Å². The standard InChI is InChI=1S/C36H45N3O3/c1-9-39-33-16-15-28(27-13-10-12-26(18-27)19-32(37-8)24(4)40)20-30(33)31(21-36(6,7)22-42-25(5)41)35(39)29-14-11-17-38-34(29)23(2)3/h10-18,20,23,32,37H,9,19,21-22H2,1-8H3. The number of hydrogen-bond donors (Lipinski definition) is 1. The van der Waals surface area contributed by atoms with Crippen LogP contribution in [0.25, 0.3) is 33.3 Å². The molecular formula is C36H45N3O3. The second-order valence-electron chi connectivity index (χ2n) is 12.4. The summed E-state index contributed by atoms with van der Waals surface area (Å²) in [4.78, 5) is 28.6. The fourth-order valence-electron chi connectivity index (χ4n) is 5.89. The monoisotopic (exact) mass is 567 g/mol. The average molecular weight is 568 g/mol. The number of carbonyl (C=O) groups is 2. The Morgan fingerprint density at radius 1 is 1.02 bits per heavy atom. The summed E-state index contributed by atoms with van der Waals surface area (Å²) in [6, 6.07) is 19.2. The minimum atomic E-state index is -0.280. The number of ether oxygens (including phenoxy) is 1. The number of nitrogens with zero attached hydrogens (tertiary/aromatic N) is 2. The molecule has 0 bridgehead atoms. The molecule has 0 aliphatic heterocycles. The summed E-state index contributed by atoms with van der Waals surface area (Å²) >= 11 is 0. The van der Waals surface area contributed by atoms with E-state index in [0.717, 1.165) is 40.9 Å². The minimum absolute atomic E-state index is 0.134. The van der Waals surface area contributed by atoms with E-state index in [9.17, 15) is 9.59 Å². The molecule has 1 unspecified atom stereocenters. The van der Waals surface area contributed by atoms with E-state index in [4.69, 9.17) is 9.72 Å². The van der Waals surface area contributed by atoms with Crippen molar-refractivity contribution in [2.24, 2.45) is 5.41 Å². The van der Waals surface area contributed by atoms with Gasteiger partial charge in [-0.2, -0.15) is 0 Å². The van der Waals surface area contributed by atoms with Gasteiger partial charge < -0.3 is 14.6 Å². The molecule has 2 aromatic carbocycles. The van der Waals surface area contributed by atoms with Gasteiger partial charge in [0.05, 0.1) is 24.0 Å². The van der Waals surface area contributed by atoms with Crippen molar-refractivity contribution in [1.29, 1.82) is 0 Å². The van der Waals surface area contributed by atoms with Gasteiger partial charge in [-0.3, -0.25) is 14.6 Å². The van der Waals surface area contributed by atoms with Crippen LogP contribution in [-0.4, -0.2) is 41.0 Å². The van der Waals surface area contributed by atoms with Gasteiger partial charge in [-0.05, 0) is 86.2 Å². The first-order chi connectivity index (χ1) is 20.0. The Balaban J connectivity index is 1.92. The molecule has 0 saturated carbocycles. The fraction of sp³-hybridized carbons (Fsp3) is 0.417.